The van der Waals surface area contributed by atoms with Crippen molar-refractivity contribution in [3.63, 3.8) is 0 Å². The van der Waals surface area contributed by atoms with E-state index in [-0.39, 0.29) is 5.91 Å². The summed E-state index contributed by atoms with van der Waals surface area (Å²) in [4.78, 5) is 13.3. The minimum Gasteiger partial charge on any atom is -0.492 e. The molecule has 0 heterocycles. The third kappa shape index (κ3) is 5.41. The third-order valence-corrected chi connectivity index (χ3v) is 4.15. The standard InChI is InChI=1S/C18H20Cl2N2O2/c1-3-24-17-7-5-4-6-16(17)21-18(23)12-22(2)11-13-8-9-14(19)15(20)10-13/h4-10H,3,11-12H2,1-2H3,(H,21,23)/p+1. The highest BCUT2D eigenvalue weighted by molar-refractivity contribution is 6.42. The van der Waals surface area contributed by atoms with Crippen LogP contribution in [0.3, 0.4) is 0 Å². The Kier molecular flexibility index (Phi) is 6.91. The van der Waals surface area contributed by atoms with Gasteiger partial charge in [-0.05, 0) is 31.2 Å². The molecule has 2 aromatic rings. The Balaban J connectivity index is 1.93. The summed E-state index contributed by atoms with van der Waals surface area (Å²) in [6.07, 6.45) is 0. The summed E-state index contributed by atoms with van der Waals surface area (Å²) in [5.41, 5.74) is 1.72. The highest BCUT2D eigenvalue weighted by Gasteiger charge is 2.13. The maximum Gasteiger partial charge on any atom is 0.279 e. The molecule has 2 N–H and O–H groups in total. The zero-order chi connectivity index (χ0) is 17.5. The molecule has 0 spiro atoms. The van der Waals surface area contributed by atoms with Crippen LogP contribution >= 0.6 is 23.2 Å². The Hall–Kier alpha value is -1.75. The number of hydrogen-bond acceptors (Lipinski definition) is 2. The highest BCUT2D eigenvalue weighted by Crippen LogP contribution is 2.23. The van der Waals surface area contributed by atoms with Gasteiger partial charge >= 0.3 is 0 Å². The van der Waals surface area contributed by atoms with Gasteiger partial charge in [0.25, 0.3) is 5.91 Å². The van der Waals surface area contributed by atoms with Crippen molar-refractivity contribution < 1.29 is 14.4 Å². The molecule has 1 amide bonds. The smallest absolute Gasteiger partial charge is 0.279 e. The zero-order valence-electron chi connectivity index (χ0n) is 13.7. The number of anilines is 1. The molecule has 1 atom stereocenters. The molecule has 2 aromatic carbocycles. The van der Waals surface area contributed by atoms with Crippen LogP contribution in [0.25, 0.3) is 0 Å². The largest absolute Gasteiger partial charge is 0.492 e. The van der Waals surface area contributed by atoms with Gasteiger partial charge in [0.2, 0.25) is 0 Å². The van der Waals surface area contributed by atoms with Gasteiger partial charge in [-0.2, -0.15) is 0 Å². The van der Waals surface area contributed by atoms with Crippen molar-refractivity contribution >= 4 is 34.8 Å². The lowest BCUT2D eigenvalue weighted by molar-refractivity contribution is -0.885. The molecule has 4 nitrogen and oxygen atoms in total. The van der Waals surface area contributed by atoms with Crippen molar-refractivity contribution in [2.75, 3.05) is 25.5 Å². The molecule has 0 saturated heterocycles. The van der Waals surface area contributed by atoms with Gasteiger partial charge in [-0.1, -0.05) is 41.4 Å². The molecule has 0 aliphatic carbocycles. The number of benzene rings is 2. The van der Waals surface area contributed by atoms with Gasteiger partial charge in [0, 0.05) is 5.56 Å². The number of carbonyl (C=O) groups excluding carboxylic acids is 1. The number of nitrogens with one attached hydrogen (secondary N) is 2. The van der Waals surface area contributed by atoms with E-state index in [4.69, 9.17) is 27.9 Å². The number of halogens is 2. The molecule has 24 heavy (non-hydrogen) atoms. The number of likely N-dealkylation sites (N-methyl/N-ethyl adjacent to an activating group) is 1. The van der Waals surface area contributed by atoms with Crippen molar-refractivity contribution in [2.24, 2.45) is 0 Å². The fourth-order valence-electron chi connectivity index (χ4n) is 2.38. The van der Waals surface area contributed by atoms with Gasteiger partial charge in [-0.15, -0.1) is 0 Å². The van der Waals surface area contributed by atoms with E-state index in [1.54, 1.807) is 6.07 Å². The maximum atomic E-state index is 12.3. The van der Waals surface area contributed by atoms with Crippen LogP contribution in [0.1, 0.15) is 12.5 Å². The van der Waals surface area contributed by atoms with Gasteiger partial charge in [0.15, 0.2) is 6.54 Å². The summed E-state index contributed by atoms with van der Waals surface area (Å²) >= 11 is 11.9. The molecule has 1 unspecified atom stereocenters. The summed E-state index contributed by atoms with van der Waals surface area (Å²) in [5, 5.41) is 3.96. The monoisotopic (exact) mass is 367 g/mol. The summed E-state index contributed by atoms with van der Waals surface area (Å²) in [6.45, 7) is 3.47. The molecule has 2 rings (SSSR count). The van der Waals surface area contributed by atoms with Crippen LogP contribution in [0.5, 0.6) is 5.75 Å². The number of para-hydroxylation sites is 2. The molecule has 6 heteroatoms. The molecule has 0 saturated carbocycles. The predicted molar refractivity (Wildman–Crippen MR) is 98.2 cm³/mol. The Morgan fingerprint density at radius 3 is 2.62 bits per heavy atom. The molecular weight excluding hydrogens is 347 g/mol. The number of carbonyl (C=O) groups is 1. The second-order valence-corrected chi connectivity index (χ2v) is 6.35. The predicted octanol–water partition coefficient (Wildman–Crippen LogP) is 3.05. The van der Waals surface area contributed by atoms with Crippen LogP contribution < -0.4 is 15.0 Å². The van der Waals surface area contributed by atoms with E-state index < -0.39 is 0 Å². The summed E-state index contributed by atoms with van der Waals surface area (Å²) in [6, 6.07) is 12.9. The van der Waals surface area contributed by atoms with Crippen molar-refractivity contribution in [2.45, 2.75) is 13.5 Å². The first-order chi connectivity index (χ1) is 11.5. The molecule has 0 bridgehead atoms. The average molecular weight is 368 g/mol. The van der Waals surface area contributed by atoms with Crippen LogP contribution in [-0.4, -0.2) is 26.1 Å². The Labute approximate surface area is 152 Å². The molecule has 0 aromatic heterocycles. The second kappa shape index (κ2) is 8.92. The molecule has 0 aliphatic heterocycles. The van der Waals surface area contributed by atoms with Crippen molar-refractivity contribution in [3.05, 3.63) is 58.1 Å². The van der Waals surface area contributed by atoms with Crippen molar-refractivity contribution in [1.82, 2.24) is 0 Å². The first-order valence-electron chi connectivity index (χ1n) is 7.76. The van der Waals surface area contributed by atoms with E-state index in [2.05, 4.69) is 5.32 Å². The number of hydrogen-bond donors (Lipinski definition) is 2. The number of ether oxygens (including phenoxy) is 1. The van der Waals surface area contributed by atoms with Gasteiger partial charge in [0.05, 0.1) is 29.4 Å². The molecule has 0 fully saturated rings. The minimum absolute atomic E-state index is 0.0697. The van der Waals surface area contributed by atoms with E-state index in [9.17, 15) is 4.79 Å². The minimum atomic E-state index is -0.0697. The van der Waals surface area contributed by atoms with Gasteiger partial charge in [0.1, 0.15) is 12.3 Å². The van der Waals surface area contributed by atoms with E-state index in [1.807, 2.05) is 50.4 Å². The average Bonchev–Trinajstić information content (AvgIpc) is 2.53. The molecule has 0 radical (unpaired) electrons. The van der Waals surface area contributed by atoms with Crippen molar-refractivity contribution in [1.29, 1.82) is 0 Å². The van der Waals surface area contributed by atoms with Crippen LogP contribution in [0.4, 0.5) is 5.69 Å². The molecular formula is C18H21Cl2N2O2+. The second-order valence-electron chi connectivity index (χ2n) is 5.54. The molecule has 128 valence electrons. The lowest BCUT2D eigenvalue weighted by Crippen LogP contribution is -3.08. The highest BCUT2D eigenvalue weighted by atomic mass is 35.5. The van der Waals surface area contributed by atoms with E-state index in [0.717, 1.165) is 10.5 Å². The first-order valence-corrected chi connectivity index (χ1v) is 8.52. The normalized spacial score (nSPS) is 11.8. The van der Waals surface area contributed by atoms with Crippen LogP contribution in [-0.2, 0) is 11.3 Å². The quantitative estimate of drug-likeness (QED) is 0.789. The summed E-state index contributed by atoms with van der Waals surface area (Å²) in [7, 11) is 1.95. The number of amides is 1. The summed E-state index contributed by atoms with van der Waals surface area (Å²) < 4.78 is 5.51. The number of quaternary nitrogens is 1. The SMILES string of the molecule is CCOc1ccccc1NC(=O)C[NH+](C)Cc1ccc(Cl)c(Cl)c1. The topological polar surface area (TPSA) is 42.8 Å². The van der Waals surface area contributed by atoms with Gasteiger partial charge < -0.3 is 15.0 Å². The Morgan fingerprint density at radius 1 is 1.17 bits per heavy atom. The lowest BCUT2D eigenvalue weighted by Gasteiger charge is -2.15. The summed E-state index contributed by atoms with van der Waals surface area (Å²) in [5.74, 6) is 0.607. The Morgan fingerprint density at radius 2 is 1.92 bits per heavy atom. The number of rotatable bonds is 7. The molecule has 0 aliphatic rings. The fraction of sp³-hybridized carbons (Fsp3) is 0.278. The fourth-order valence-corrected chi connectivity index (χ4v) is 2.70. The van der Waals surface area contributed by atoms with Crippen LogP contribution in [0, 0.1) is 0 Å². The van der Waals surface area contributed by atoms with Gasteiger partial charge in [-0.25, -0.2) is 0 Å². The van der Waals surface area contributed by atoms with Crippen molar-refractivity contribution in [3.8, 4) is 5.75 Å². The van der Waals surface area contributed by atoms with Crippen LogP contribution in [0.15, 0.2) is 42.5 Å². The Bertz CT molecular complexity index is 707. The van der Waals surface area contributed by atoms with E-state index >= 15 is 0 Å². The maximum absolute atomic E-state index is 12.3. The lowest BCUT2D eigenvalue weighted by atomic mass is 10.2. The van der Waals surface area contributed by atoms with Gasteiger partial charge in [-0.3, -0.25) is 4.79 Å². The van der Waals surface area contributed by atoms with Crippen LogP contribution in [0.2, 0.25) is 10.0 Å². The third-order valence-electron chi connectivity index (χ3n) is 3.41. The first kappa shape index (κ1) is 18.6. The van der Waals surface area contributed by atoms with E-state index in [0.29, 0.717) is 41.2 Å². The zero-order valence-corrected chi connectivity index (χ0v) is 15.2. The van der Waals surface area contributed by atoms with E-state index in [1.165, 1.54) is 0 Å².